The fourth-order valence-electron chi connectivity index (χ4n) is 3.50. The third-order valence-electron chi connectivity index (χ3n) is 4.96. The van der Waals surface area contributed by atoms with E-state index in [1.807, 2.05) is 54.6 Å². The molecule has 6 heteroatoms. The van der Waals surface area contributed by atoms with E-state index in [9.17, 15) is 9.59 Å². The number of rotatable bonds is 5. The van der Waals surface area contributed by atoms with E-state index in [0.717, 1.165) is 5.56 Å². The van der Waals surface area contributed by atoms with Crippen LogP contribution in [0.25, 0.3) is 5.70 Å². The van der Waals surface area contributed by atoms with E-state index in [2.05, 4.69) is 5.43 Å². The van der Waals surface area contributed by atoms with Crippen molar-refractivity contribution < 1.29 is 19.1 Å². The van der Waals surface area contributed by atoms with Gasteiger partial charge in [-0.1, -0.05) is 48.5 Å². The molecule has 1 amide bonds. The second-order valence-corrected chi connectivity index (χ2v) is 7.04. The molecule has 0 saturated heterocycles. The van der Waals surface area contributed by atoms with Crippen molar-refractivity contribution in [3.05, 3.63) is 102 Å². The number of nitrogens with zero attached hydrogens (tertiary/aromatic N) is 1. The molecule has 0 bridgehead atoms. The van der Waals surface area contributed by atoms with Crippen molar-refractivity contribution in [2.45, 2.75) is 13.0 Å². The number of amides is 1. The Labute approximate surface area is 180 Å². The average Bonchev–Trinajstić information content (AvgIpc) is 3.24. The lowest BCUT2D eigenvalue weighted by Crippen LogP contribution is -2.39. The predicted molar refractivity (Wildman–Crippen MR) is 117 cm³/mol. The minimum Gasteiger partial charge on any atom is -0.497 e. The second-order valence-electron chi connectivity index (χ2n) is 7.04. The Morgan fingerprint density at radius 2 is 1.61 bits per heavy atom. The molecule has 0 radical (unpaired) electrons. The van der Waals surface area contributed by atoms with Gasteiger partial charge in [-0.05, 0) is 35.9 Å². The average molecular weight is 414 g/mol. The molecule has 1 aliphatic heterocycles. The monoisotopic (exact) mass is 414 g/mol. The molecule has 0 spiro atoms. The molecule has 0 saturated carbocycles. The van der Waals surface area contributed by atoms with Crippen LogP contribution in [0.15, 0.2) is 84.9 Å². The molecule has 156 valence electrons. The first-order valence-corrected chi connectivity index (χ1v) is 9.85. The fraction of sp³-hybridized carbons (Fsp3) is 0.120. The van der Waals surface area contributed by atoms with Crippen molar-refractivity contribution in [1.82, 2.24) is 10.4 Å². The summed E-state index contributed by atoms with van der Waals surface area (Å²) < 4.78 is 10.7. The van der Waals surface area contributed by atoms with Crippen molar-refractivity contribution in [3.63, 3.8) is 0 Å². The van der Waals surface area contributed by atoms with E-state index in [1.54, 1.807) is 42.5 Å². The summed E-state index contributed by atoms with van der Waals surface area (Å²) in [6.07, 6.45) is 1.95. The van der Waals surface area contributed by atoms with Crippen LogP contribution >= 0.6 is 0 Å². The molecule has 0 aliphatic carbocycles. The molecule has 1 heterocycles. The van der Waals surface area contributed by atoms with Crippen molar-refractivity contribution in [2.75, 3.05) is 7.11 Å². The summed E-state index contributed by atoms with van der Waals surface area (Å²) >= 11 is 0. The fourth-order valence-corrected chi connectivity index (χ4v) is 3.50. The number of methoxy groups -OCH3 is 1. The van der Waals surface area contributed by atoms with Crippen LogP contribution in [0.1, 0.15) is 34.5 Å². The number of carbonyl (C=O) groups excluding carboxylic acids is 2. The van der Waals surface area contributed by atoms with E-state index >= 15 is 0 Å². The Balaban J connectivity index is 1.76. The number of hydrogen-bond acceptors (Lipinski definition) is 5. The van der Waals surface area contributed by atoms with Crippen LogP contribution in [-0.2, 0) is 4.79 Å². The summed E-state index contributed by atoms with van der Waals surface area (Å²) in [6, 6.07) is 23.7. The normalized spacial score (nSPS) is 15.1. The molecule has 4 rings (SSSR count). The van der Waals surface area contributed by atoms with Crippen LogP contribution in [0.3, 0.4) is 0 Å². The van der Waals surface area contributed by atoms with Gasteiger partial charge in [0, 0.05) is 24.1 Å². The van der Waals surface area contributed by atoms with Gasteiger partial charge in [-0.15, -0.1) is 0 Å². The number of hydrogen-bond donors (Lipinski definition) is 1. The highest BCUT2D eigenvalue weighted by Gasteiger charge is 2.32. The number of benzene rings is 3. The molecule has 31 heavy (non-hydrogen) atoms. The summed E-state index contributed by atoms with van der Waals surface area (Å²) in [4.78, 5) is 25.0. The predicted octanol–water partition coefficient (Wildman–Crippen LogP) is 4.36. The zero-order valence-corrected chi connectivity index (χ0v) is 17.2. The van der Waals surface area contributed by atoms with Crippen LogP contribution < -0.4 is 14.9 Å². The van der Waals surface area contributed by atoms with Crippen LogP contribution in [0, 0.1) is 0 Å². The maximum atomic E-state index is 13.3. The molecule has 3 aromatic carbocycles. The third kappa shape index (κ3) is 4.28. The van der Waals surface area contributed by atoms with Crippen LogP contribution in [-0.4, -0.2) is 24.0 Å². The second kappa shape index (κ2) is 8.75. The molecule has 0 fully saturated rings. The van der Waals surface area contributed by atoms with E-state index in [4.69, 9.17) is 9.47 Å². The Hall–Kier alpha value is -4.06. The lowest BCUT2D eigenvalue weighted by atomic mass is 10.0. The third-order valence-corrected chi connectivity index (χ3v) is 4.96. The molecule has 1 aliphatic rings. The van der Waals surface area contributed by atoms with E-state index < -0.39 is 5.97 Å². The van der Waals surface area contributed by atoms with Crippen LogP contribution in [0.5, 0.6) is 11.5 Å². The highest BCUT2D eigenvalue weighted by Crippen LogP contribution is 2.37. The number of hydrazine groups is 1. The topological polar surface area (TPSA) is 67.9 Å². The Bertz CT molecular complexity index is 1130. The van der Waals surface area contributed by atoms with Crippen LogP contribution in [0.4, 0.5) is 0 Å². The molecule has 6 nitrogen and oxygen atoms in total. The minimum absolute atomic E-state index is 0.164. The van der Waals surface area contributed by atoms with Crippen molar-refractivity contribution in [3.8, 4) is 11.5 Å². The van der Waals surface area contributed by atoms with Crippen molar-refractivity contribution in [1.29, 1.82) is 0 Å². The van der Waals surface area contributed by atoms with Crippen molar-refractivity contribution in [2.24, 2.45) is 0 Å². The number of esters is 1. The van der Waals surface area contributed by atoms with Gasteiger partial charge in [0.2, 0.25) is 0 Å². The summed E-state index contributed by atoms with van der Waals surface area (Å²) in [5.41, 5.74) is 6.06. The first kappa shape index (κ1) is 20.2. The zero-order chi connectivity index (χ0) is 21.8. The highest BCUT2D eigenvalue weighted by molar-refractivity contribution is 5.96. The summed E-state index contributed by atoms with van der Waals surface area (Å²) in [7, 11) is 1.55. The lowest BCUT2D eigenvalue weighted by Gasteiger charge is -2.26. The Kier molecular flexibility index (Phi) is 5.71. The highest BCUT2D eigenvalue weighted by atomic mass is 16.5. The maximum Gasteiger partial charge on any atom is 0.308 e. The summed E-state index contributed by atoms with van der Waals surface area (Å²) in [5, 5.41) is 1.59. The van der Waals surface area contributed by atoms with Gasteiger partial charge < -0.3 is 9.47 Å². The van der Waals surface area contributed by atoms with Gasteiger partial charge in [-0.2, -0.15) is 0 Å². The molecular formula is C25H22N2O4. The van der Waals surface area contributed by atoms with Gasteiger partial charge in [0.05, 0.1) is 18.8 Å². The molecule has 1 N–H and O–H groups in total. The summed E-state index contributed by atoms with van der Waals surface area (Å²) in [5.74, 6) is 0.315. The summed E-state index contributed by atoms with van der Waals surface area (Å²) in [6.45, 7) is 1.34. The van der Waals surface area contributed by atoms with Gasteiger partial charge >= 0.3 is 5.97 Å². The van der Waals surface area contributed by atoms with Crippen LogP contribution in [0.2, 0.25) is 0 Å². The first-order valence-electron chi connectivity index (χ1n) is 9.85. The van der Waals surface area contributed by atoms with Crippen molar-refractivity contribution >= 4 is 17.6 Å². The van der Waals surface area contributed by atoms with Gasteiger partial charge in [-0.3, -0.25) is 15.0 Å². The van der Waals surface area contributed by atoms with E-state index in [0.29, 0.717) is 28.3 Å². The molecule has 0 aromatic heterocycles. The Morgan fingerprint density at radius 3 is 2.26 bits per heavy atom. The van der Waals surface area contributed by atoms with Gasteiger partial charge in [0.15, 0.2) is 0 Å². The Morgan fingerprint density at radius 1 is 0.935 bits per heavy atom. The van der Waals surface area contributed by atoms with E-state index in [-0.39, 0.29) is 11.9 Å². The molecule has 3 aromatic rings. The minimum atomic E-state index is -0.440. The lowest BCUT2D eigenvalue weighted by molar-refractivity contribution is -0.131. The SMILES string of the molecule is COc1ccc(C2=C[C@@H](c3ccccc3)N(C(=O)c3ccccc3)N2)c(OC(C)=O)c1. The maximum absolute atomic E-state index is 13.3. The molecule has 0 unspecified atom stereocenters. The quantitative estimate of drug-likeness (QED) is 0.496. The van der Waals surface area contributed by atoms with Gasteiger partial charge in [0.1, 0.15) is 11.5 Å². The van der Waals surface area contributed by atoms with E-state index in [1.165, 1.54) is 6.92 Å². The zero-order valence-electron chi connectivity index (χ0n) is 17.2. The number of carbonyl (C=O) groups is 2. The largest absolute Gasteiger partial charge is 0.497 e. The smallest absolute Gasteiger partial charge is 0.308 e. The van der Waals surface area contributed by atoms with Gasteiger partial charge in [-0.25, -0.2) is 5.01 Å². The number of nitrogens with one attached hydrogen (secondary N) is 1. The first-order chi connectivity index (χ1) is 15.1. The molecular weight excluding hydrogens is 392 g/mol. The standard InChI is InChI=1S/C25H22N2O4/c1-17(28)31-24-15-20(30-2)13-14-21(24)22-16-23(18-9-5-3-6-10-18)27(26-22)25(29)19-11-7-4-8-12-19/h3-16,23,26H,1-2H3/t23-/m0/s1. The molecule has 1 atom stereocenters. The number of ether oxygens (including phenoxy) is 2. The van der Waals surface area contributed by atoms with Gasteiger partial charge in [0.25, 0.3) is 5.91 Å².